The van der Waals surface area contributed by atoms with Gasteiger partial charge in [-0.3, -0.25) is 0 Å². The van der Waals surface area contributed by atoms with Crippen LogP contribution in [0.5, 0.6) is 0 Å². The van der Waals surface area contributed by atoms with E-state index in [-0.39, 0.29) is 12.2 Å². The third-order valence-electron chi connectivity index (χ3n) is 11.1. The Bertz CT molecular complexity index is 653. The van der Waals surface area contributed by atoms with E-state index in [1.54, 1.807) is 5.57 Å². The van der Waals surface area contributed by atoms with Crippen molar-refractivity contribution in [2.24, 2.45) is 52.3 Å². The first kappa shape index (κ1) is 22.8. The van der Waals surface area contributed by atoms with Crippen LogP contribution in [-0.4, -0.2) is 22.4 Å². The monoisotopic (exact) mass is 416 g/mol. The van der Waals surface area contributed by atoms with Crippen LogP contribution in [0.3, 0.4) is 0 Å². The molecule has 3 fully saturated rings. The molecule has 3 unspecified atom stereocenters. The number of aliphatic hydroxyl groups is 2. The highest BCUT2D eigenvalue weighted by Crippen LogP contribution is 2.67. The zero-order valence-electron chi connectivity index (χ0n) is 20.5. The van der Waals surface area contributed by atoms with Gasteiger partial charge < -0.3 is 10.2 Å². The van der Waals surface area contributed by atoms with Crippen molar-refractivity contribution in [1.29, 1.82) is 0 Å². The van der Waals surface area contributed by atoms with E-state index >= 15 is 0 Å². The fraction of sp³-hybridized carbons (Fsp3) is 0.929. The Labute approximate surface area is 185 Å². The van der Waals surface area contributed by atoms with Crippen LogP contribution in [-0.2, 0) is 0 Å². The molecule has 4 rings (SSSR count). The number of allylic oxidation sites excluding steroid dienone is 1. The van der Waals surface area contributed by atoms with Crippen molar-refractivity contribution < 1.29 is 10.2 Å². The second-order valence-corrected chi connectivity index (χ2v) is 12.8. The first-order valence-corrected chi connectivity index (χ1v) is 13.1. The zero-order valence-corrected chi connectivity index (χ0v) is 20.5. The molecule has 0 aromatic carbocycles. The smallest absolute Gasteiger partial charge is 0.0577 e. The van der Waals surface area contributed by atoms with Gasteiger partial charge in [0.25, 0.3) is 0 Å². The molecule has 0 heterocycles. The summed E-state index contributed by atoms with van der Waals surface area (Å²) >= 11 is 0. The highest BCUT2D eigenvalue weighted by Gasteiger charge is 2.59. The standard InChI is InChI=1S/C28H48O2/c1-17(2)19(4)26(30)15-18(3)23-9-10-24-22-8-7-20-16-21(29)11-13-27(20,5)25(22)12-14-28(23,24)6/h7,17-19,21-26,29-30H,8-16H2,1-6H3/t18-,19+,21+,22?,23-,24?,25?,26+,27+,28-/m1/s1. The third kappa shape index (κ3) is 3.62. The normalized spacial score (nSPS) is 46.4. The number of aliphatic hydroxyl groups excluding tert-OH is 2. The largest absolute Gasteiger partial charge is 0.393 e. The van der Waals surface area contributed by atoms with Crippen molar-refractivity contribution in [3.63, 3.8) is 0 Å². The van der Waals surface area contributed by atoms with Gasteiger partial charge in [0.05, 0.1) is 12.2 Å². The summed E-state index contributed by atoms with van der Waals surface area (Å²) in [6.45, 7) is 14.3. The summed E-state index contributed by atoms with van der Waals surface area (Å²) in [5.74, 6) is 4.83. The summed E-state index contributed by atoms with van der Waals surface area (Å²) in [5, 5.41) is 21.1. The van der Waals surface area contributed by atoms with E-state index in [4.69, 9.17) is 0 Å². The predicted molar refractivity (Wildman–Crippen MR) is 125 cm³/mol. The highest BCUT2D eigenvalue weighted by atomic mass is 16.3. The van der Waals surface area contributed by atoms with Crippen LogP contribution < -0.4 is 0 Å². The van der Waals surface area contributed by atoms with Gasteiger partial charge in [0, 0.05) is 0 Å². The van der Waals surface area contributed by atoms with Crippen LogP contribution in [0, 0.1) is 52.3 Å². The summed E-state index contributed by atoms with van der Waals surface area (Å²) in [6.07, 6.45) is 13.1. The van der Waals surface area contributed by atoms with Gasteiger partial charge in [-0.25, -0.2) is 0 Å². The summed E-state index contributed by atoms with van der Waals surface area (Å²) in [4.78, 5) is 0. The molecule has 2 heteroatoms. The van der Waals surface area contributed by atoms with Crippen LogP contribution in [0.4, 0.5) is 0 Å². The summed E-state index contributed by atoms with van der Waals surface area (Å²) < 4.78 is 0. The molecular weight excluding hydrogens is 368 g/mol. The Morgan fingerprint density at radius 1 is 1.00 bits per heavy atom. The Morgan fingerprint density at radius 3 is 2.43 bits per heavy atom. The van der Waals surface area contributed by atoms with Gasteiger partial charge in [-0.15, -0.1) is 0 Å². The van der Waals surface area contributed by atoms with Gasteiger partial charge in [0.1, 0.15) is 0 Å². The minimum atomic E-state index is -0.160. The molecule has 4 aliphatic rings. The van der Waals surface area contributed by atoms with E-state index < -0.39 is 0 Å². The van der Waals surface area contributed by atoms with Crippen LogP contribution in [0.25, 0.3) is 0 Å². The van der Waals surface area contributed by atoms with E-state index in [2.05, 4.69) is 47.6 Å². The number of fused-ring (bicyclic) bond motifs is 5. The Morgan fingerprint density at radius 2 is 1.73 bits per heavy atom. The highest BCUT2D eigenvalue weighted by molar-refractivity contribution is 5.25. The van der Waals surface area contributed by atoms with Crippen LogP contribution in [0.1, 0.15) is 99.3 Å². The SMILES string of the molecule is CC(C)[C@H](C)[C@@H](O)C[C@@H](C)[C@H]1CCC2C3CC=C4C[C@@H](O)CC[C@]4(C)C3CC[C@@]21C. The molecule has 2 N–H and O–H groups in total. The van der Waals surface area contributed by atoms with Crippen molar-refractivity contribution in [2.45, 2.75) is 112 Å². The molecule has 0 spiro atoms. The Hall–Kier alpha value is -0.340. The zero-order chi connectivity index (χ0) is 21.8. The summed E-state index contributed by atoms with van der Waals surface area (Å²) in [7, 11) is 0. The fourth-order valence-electron chi connectivity index (χ4n) is 8.82. The molecule has 0 aromatic heterocycles. The molecule has 0 aromatic rings. The average molecular weight is 417 g/mol. The average Bonchev–Trinajstić information content (AvgIpc) is 3.05. The predicted octanol–water partition coefficient (Wildman–Crippen LogP) is 6.61. The van der Waals surface area contributed by atoms with Gasteiger partial charge in [0.2, 0.25) is 0 Å². The van der Waals surface area contributed by atoms with E-state index in [1.807, 2.05) is 0 Å². The van der Waals surface area contributed by atoms with Crippen molar-refractivity contribution in [3.8, 4) is 0 Å². The van der Waals surface area contributed by atoms with Gasteiger partial charge in [0.15, 0.2) is 0 Å². The molecule has 4 aliphatic carbocycles. The van der Waals surface area contributed by atoms with Crippen LogP contribution >= 0.6 is 0 Å². The maximum atomic E-state index is 10.8. The van der Waals surface area contributed by atoms with Gasteiger partial charge in [-0.2, -0.15) is 0 Å². The second kappa shape index (κ2) is 8.22. The fourth-order valence-corrected chi connectivity index (χ4v) is 8.82. The van der Waals surface area contributed by atoms with Crippen LogP contribution in [0.2, 0.25) is 0 Å². The molecule has 3 saturated carbocycles. The number of hydrogen-bond acceptors (Lipinski definition) is 2. The molecule has 0 radical (unpaired) electrons. The second-order valence-electron chi connectivity index (χ2n) is 12.8. The summed E-state index contributed by atoms with van der Waals surface area (Å²) in [6, 6.07) is 0. The first-order valence-electron chi connectivity index (χ1n) is 13.1. The van der Waals surface area contributed by atoms with Gasteiger partial charge in [-0.1, -0.05) is 53.2 Å². The number of hydrogen-bond donors (Lipinski definition) is 2. The first-order chi connectivity index (χ1) is 14.1. The van der Waals surface area contributed by atoms with E-state index in [1.165, 1.54) is 38.5 Å². The van der Waals surface area contributed by atoms with E-state index in [9.17, 15) is 10.2 Å². The number of rotatable bonds is 5. The quantitative estimate of drug-likeness (QED) is 0.495. The maximum Gasteiger partial charge on any atom is 0.0577 e. The summed E-state index contributed by atoms with van der Waals surface area (Å²) in [5.41, 5.74) is 2.38. The lowest BCUT2D eigenvalue weighted by Gasteiger charge is -2.58. The third-order valence-corrected chi connectivity index (χ3v) is 11.1. The van der Waals surface area contributed by atoms with E-state index in [0.29, 0.717) is 28.6 Å². The topological polar surface area (TPSA) is 40.5 Å². The minimum absolute atomic E-state index is 0.105. The minimum Gasteiger partial charge on any atom is -0.393 e. The maximum absolute atomic E-state index is 10.8. The van der Waals surface area contributed by atoms with Gasteiger partial charge in [-0.05, 0) is 110 Å². The molecular formula is C28H48O2. The lowest BCUT2D eigenvalue weighted by atomic mass is 9.47. The van der Waals surface area contributed by atoms with Crippen molar-refractivity contribution >= 4 is 0 Å². The molecule has 0 amide bonds. The Balaban J connectivity index is 1.50. The molecule has 0 aliphatic heterocycles. The van der Waals surface area contributed by atoms with Gasteiger partial charge >= 0.3 is 0 Å². The molecule has 30 heavy (non-hydrogen) atoms. The Kier molecular flexibility index (Phi) is 6.26. The van der Waals surface area contributed by atoms with E-state index in [0.717, 1.165) is 42.9 Å². The van der Waals surface area contributed by atoms with Crippen molar-refractivity contribution in [1.82, 2.24) is 0 Å². The molecule has 0 saturated heterocycles. The lowest BCUT2D eigenvalue weighted by molar-refractivity contribution is -0.0609. The molecule has 0 bridgehead atoms. The molecule has 2 nitrogen and oxygen atoms in total. The lowest BCUT2D eigenvalue weighted by Crippen LogP contribution is -2.51. The van der Waals surface area contributed by atoms with Crippen molar-refractivity contribution in [3.05, 3.63) is 11.6 Å². The van der Waals surface area contributed by atoms with Crippen molar-refractivity contribution in [2.75, 3.05) is 0 Å². The molecule has 10 atom stereocenters. The van der Waals surface area contributed by atoms with Crippen LogP contribution in [0.15, 0.2) is 11.6 Å². The molecule has 172 valence electrons.